The Morgan fingerprint density at radius 3 is 3.00 bits per heavy atom. The first-order valence-corrected chi connectivity index (χ1v) is 2.59. The van der Waals surface area contributed by atoms with Gasteiger partial charge in [-0.2, -0.15) is 0 Å². The van der Waals surface area contributed by atoms with Gasteiger partial charge in [-0.3, -0.25) is 4.79 Å². The first-order chi connectivity index (χ1) is 4.75. The summed E-state index contributed by atoms with van der Waals surface area (Å²) < 4.78 is 0. The Labute approximate surface area is 56.6 Å². The molecule has 1 aromatic rings. The molecule has 1 heterocycles. The number of aromatic nitrogens is 2. The quantitative estimate of drug-likeness (QED) is 0.350. The van der Waals surface area contributed by atoms with Crippen LogP contribution in [0.5, 0.6) is 0 Å². The zero-order chi connectivity index (χ0) is 7.56. The zero-order valence-electron chi connectivity index (χ0n) is 5.09. The number of nitrogens with two attached hydrogens (primary N) is 2. The molecule has 0 aliphatic heterocycles. The Morgan fingerprint density at radius 2 is 2.60 bits per heavy atom. The zero-order valence-corrected chi connectivity index (χ0v) is 5.09. The number of nitrogens with zero attached hydrogens (tertiary/aromatic N) is 1. The highest BCUT2D eigenvalue weighted by atomic mass is 16.1. The van der Waals surface area contributed by atoms with Gasteiger partial charge in [0.1, 0.15) is 0 Å². The summed E-state index contributed by atoms with van der Waals surface area (Å²) >= 11 is 0. The number of rotatable bonds is 2. The number of amides is 1. The van der Waals surface area contributed by atoms with Gasteiger partial charge >= 0.3 is 0 Å². The van der Waals surface area contributed by atoms with E-state index in [-0.39, 0.29) is 5.69 Å². The maximum Gasteiger partial charge on any atom is 0.275 e. The van der Waals surface area contributed by atoms with Crippen LogP contribution in [-0.2, 0) is 0 Å². The molecule has 0 spiro atoms. The van der Waals surface area contributed by atoms with Crippen LogP contribution in [0.25, 0.3) is 5.84 Å². The smallest absolute Gasteiger partial charge is 0.275 e. The minimum absolute atomic E-state index is 0.106. The Balaban J connectivity index is 3.01. The molecule has 10 heavy (non-hydrogen) atoms. The Kier molecular flexibility index (Phi) is 1.65. The van der Waals surface area contributed by atoms with Crippen LogP contribution < -0.4 is 11.2 Å². The van der Waals surface area contributed by atoms with Crippen molar-refractivity contribution in [2.75, 3.05) is 0 Å². The van der Waals surface area contributed by atoms with E-state index in [1.807, 2.05) is 0 Å². The highest BCUT2D eigenvalue weighted by molar-refractivity contribution is 5.93. The van der Waals surface area contributed by atoms with Crippen molar-refractivity contribution < 1.29 is 10.2 Å². The third-order valence-corrected chi connectivity index (χ3v) is 1.05. The molecule has 0 saturated carbocycles. The molecule has 6 N–H and O–H groups in total. The fourth-order valence-electron chi connectivity index (χ4n) is 0.611. The number of hydrogen-bond donors (Lipinski definition) is 3. The van der Waals surface area contributed by atoms with Crippen molar-refractivity contribution >= 4 is 11.7 Å². The van der Waals surface area contributed by atoms with Gasteiger partial charge in [0, 0.05) is 0 Å². The molecule has 0 atom stereocenters. The monoisotopic (exact) mass is 141 g/mol. The van der Waals surface area contributed by atoms with E-state index < -0.39 is 5.91 Å². The number of carbonyl (C=O) groups excluding carboxylic acids is 1. The second-order valence-corrected chi connectivity index (χ2v) is 1.67. The highest BCUT2D eigenvalue weighted by Crippen LogP contribution is 1.99. The van der Waals surface area contributed by atoms with Crippen molar-refractivity contribution in [1.82, 2.24) is 9.97 Å². The number of carbonyl (C=O) groups is 1. The molecule has 1 rings (SSSR count). The van der Waals surface area contributed by atoms with E-state index >= 15 is 0 Å². The van der Waals surface area contributed by atoms with E-state index in [2.05, 4.69) is 9.97 Å². The Hall–Kier alpha value is -1.40. The lowest BCUT2D eigenvalue weighted by atomic mass is 10.4. The normalized spacial score (nSPS) is 9.70. The van der Waals surface area contributed by atoms with Gasteiger partial charge in [-0.15, -0.1) is 0 Å². The first-order valence-electron chi connectivity index (χ1n) is 2.59. The predicted octanol–water partition coefficient (Wildman–Crippen LogP) is -1.33. The highest BCUT2D eigenvalue weighted by Gasteiger charge is 2.10. The van der Waals surface area contributed by atoms with E-state index in [0.717, 1.165) is 5.43 Å². The SMILES string of the molecule is [NH-][NH2+]c1[nH]cnc1C(N)=O. The molecule has 6 nitrogen and oxygen atoms in total. The number of imidazole rings is 1. The Bertz CT molecular complexity index is 242. The first kappa shape index (κ1) is 6.72. The molecule has 0 bridgehead atoms. The number of H-pyrrole nitrogens is 1. The summed E-state index contributed by atoms with van der Waals surface area (Å²) in [6.07, 6.45) is 1.32. The maximum absolute atomic E-state index is 10.5. The molecular weight excluding hydrogens is 134 g/mol. The van der Waals surface area contributed by atoms with Crippen molar-refractivity contribution in [3.05, 3.63) is 17.9 Å². The van der Waals surface area contributed by atoms with Gasteiger partial charge in [-0.05, 0) is 0 Å². The van der Waals surface area contributed by atoms with Crippen LogP contribution >= 0.6 is 0 Å². The Morgan fingerprint density at radius 1 is 1.90 bits per heavy atom. The standard InChI is InChI=1S/C4H7N5O/c5-3(10)2-4(9-6)8-1-7-2/h1,6H,9H2,(H2,5,10)(H,7,8). The average Bonchev–Trinajstić information content (AvgIpc) is 2.33. The minimum Gasteiger partial charge on any atom is -0.464 e. The molecule has 0 aliphatic carbocycles. The summed E-state index contributed by atoms with van der Waals surface area (Å²) in [6, 6.07) is 0. The summed E-state index contributed by atoms with van der Waals surface area (Å²) in [5, 5.41) is 0. The molecule has 0 aromatic carbocycles. The molecule has 0 unspecified atom stereocenters. The van der Waals surface area contributed by atoms with Crippen LogP contribution in [0.1, 0.15) is 10.5 Å². The summed E-state index contributed by atoms with van der Waals surface area (Å²) in [6.45, 7) is 0. The minimum atomic E-state index is -0.625. The molecule has 1 amide bonds. The van der Waals surface area contributed by atoms with Crippen molar-refractivity contribution in [3.63, 3.8) is 0 Å². The van der Waals surface area contributed by atoms with Gasteiger partial charge < -0.3 is 22.0 Å². The second kappa shape index (κ2) is 2.46. The summed E-state index contributed by atoms with van der Waals surface area (Å²) in [5.74, 6) is 6.51. The molecule has 0 saturated heterocycles. The third kappa shape index (κ3) is 0.971. The van der Waals surface area contributed by atoms with E-state index in [1.54, 1.807) is 0 Å². The molecule has 54 valence electrons. The van der Waals surface area contributed by atoms with Crippen LogP contribution in [-0.4, -0.2) is 15.9 Å². The number of hydrogen-bond acceptors (Lipinski definition) is 2. The fraction of sp³-hybridized carbons (Fsp3) is 0. The number of quaternary nitrogens is 1. The van der Waals surface area contributed by atoms with Crippen molar-refractivity contribution in [2.45, 2.75) is 0 Å². The van der Waals surface area contributed by atoms with Crippen molar-refractivity contribution in [1.29, 1.82) is 0 Å². The van der Waals surface area contributed by atoms with Gasteiger partial charge in [-0.25, -0.2) is 4.98 Å². The van der Waals surface area contributed by atoms with Gasteiger partial charge in [0.05, 0.1) is 6.33 Å². The second-order valence-electron chi connectivity index (χ2n) is 1.67. The summed E-state index contributed by atoms with van der Waals surface area (Å²) in [7, 11) is 0. The lowest BCUT2D eigenvalue weighted by Gasteiger charge is -1.95. The van der Waals surface area contributed by atoms with Crippen LogP contribution in [0.3, 0.4) is 0 Å². The van der Waals surface area contributed by atoms with Crippen LogP contribution in [0.15, 0.2) is 6.33 Å². The maximum atomic E-state index is 10.5. The largest absolute Gasteiger partial charge is 0.464 e. The number of nitrogens with one attached hydrogen (secondary N) is 2. The van der Waals surface area contributed by atoms with Crippen LogP contribution in [0.2, 0.25) is 0 Å². The molecule has 6 heteroatoms. The fourth-order valence-corrected chi connectivity index (χ4v) is 0.611. The number of aromatic amines is 1. The molecule has 0 fully saturated rings. The van der Waals surface area contributed by atoms with Crippen molar-refractivity contribution in [2.24, 2.45) is 5.73 Å². The molecular formula is C4H7N5O. The molecule has 0 aliphatic rings. The van der Waals surface area contributed by atoms with Crippen LogP contribution in [0, 0.1) is 0 Å². The van der Waals surface area contributed by atoms with E-state index in [0.29, 0.717) is 5.82 Å². The van der Waals surface area contributed by atoms with Crippen LogP contribution in [0.4, 0.5) is 5.82 Å². The van der Waals surface area contributed by atoms with E-state index in [9.17, 15) is 4.79 Å². The topological polar surface area (TPSA) is 112 Å². The van der Waals surface area contributed by atoms with Gasteiger partial charge in [0.25, 0.3) is 5.91 Å². The van der Waals surface area contributed by atoms with Crippen molar-refractivity contribution in [3.8, 4) is 0 Å². The van der Waals surface area contributed by atoms with Gasteiger partial charge in [0.2, 0.25) is 11.5 Å². The lowest BCUT2D eigenvalue weighted by molar-refractivity contribution is -0.501. The lowest BCUT2D eigenvalue weighted by Crippen LogP contribution is -2.68. The third-order valence-electron chi connectivity index (χ3n) is 1.05. The number of primary amides is 1. The van der Waals surface area contributed by atoms with E-state index in [4.69, 9.17) is 11.6 Å². The summed E-state index contributed by atoms with van der Waals surface area (Å²) in [4.78, 5) is 16.7. The predicted molar refractivity (Wildman–Crippen MR) is 33.0 cm³/mol. The molecule has 1 aromatic heterocycles. The van der Waals surface area contributed by atoms with Gasteiger partial charge in [-0.1, -0.05) is 0 Å². The van der Waals surface area contributed by atoms with Gasteiger partial charge in [0.15, 0.2) is 0 Å². The average molecular weight is 141 g/mol. The molecule has 0 radical (unpaired) electrons. The summed E-state index contributed by atoms with van der Waals surface area (Å²) in [5.41, 5.74) is 6.01. The van der Waals surface area contributed by atoms with E-state index in [1.165, 1.54) is 6.33 Å².